The fourth-order valence-electron chi connectivity index (χ4n) is 2.45. The minimum atomic E-state index is -0.514. The monoisotopic (exact) mass is 245 g/mol. The lowest BCUT2D eigenvalue weighted by Gasteiger charge is -2.25. The highest BCUT2D eigenvalue weighted by molar-refractivity contribution is 6.06. The molecule has 1 heterocycles. The number of carbonyl (C=O) groups is 2. The molecule has 1 aromatic rings. The zero-order valence-electron chi connectivity index (χ0n) is 11.1. The van der Waals surface area contributed by atoms with Gasteiger partial charge in [0.25, 0.3) is 0 Å². The summed E-state index contributed by atoms with van der Waals surface area (Å²) in [6.45, 7) is 5.75. The molecule has 0 aromatic heterocycles. The Morgan fingerprint density at radius 1 is 1.28 bits per heavy atom. The van der Waals surface area contributed by atoms with Crippen LogP contribution in [0.1, 0.15) is 45.2 Å². The molecule has 96 valence electrons. The largest absolute Gasteiger partial charge is 0.275 e. The first-order valence-corrected chi connectivity index (χ1v) is 6.41. The zero-order valence-corrected chi connectivity index (χ0v) is 11.1. The number of hydrogen-bond donors (Lipinski definition) is 0. The molecule has 0 spiro atoms. The Morgan fingerprint density at radius 3 is 2.39 bits per heavy atom. The van der Waals surface area contributed by atoms with Crippen LogP contribution in [0, 0.1) is 5.41 Å². The van der Waals surface area contributed by atoms with Crippen molar-refractivity contribution in [3.8, 4) is 0 Å². The van der Waals surface area contributed by atoms with Crippen LogP contribution < -0.4 is 0 Å². The van der Waals surface area contributed by atoms with Crippen LogP contribution in [0.5, 0.6) is 0 Å². The third-order valence-corrected chi connectivity index (χ3v) is 3.99. The van der Waals surface area contributed by atoms with E-state index < -0.39 is 5.41 Å². The van der Waals surface area contributed by atoms with Crippen LogP contribution >= 0.6 is 0 Å². The van der Waals surface area contributed by atoms with Gasteiger partial charge in [-0.2, -0.15) is 0 Å². The number of amides is 2. The summed E-state index contributed by atoms with van der Waals surface area (Å²) in [5.41, 5.74) is 0.486. The van der Waals surface area contributed by atoms with Gasteiger partial charge in [-0.05, 0) is 18.9 Å². The number of hydrogen-bond acceptors (Lipinski definition) is 2. The van der Waals surface area contributed by atoms with Crippen LogP contribution in [-0.2, 0) is 9.59 Å². The molecular weight excluding hydrogens is 226 g/mol. The molecule has 1 aliphatic rings. The second-order valence-electron chi connectivity index (χ2n) is 5.25. The van der Waals surface area contributed by atoms with Crippen molar-refractivity contribution in [3.05, 3.63) is 35.9 Å². The van der Waals surface area contributed by atoms with E-state index in [4.69, 9.17) is 0 Å². The lowest BCUT2D eigenvalue weighted by atomic mass is 9.86. The van der Waals surface area contributed by atoms with Gasteiger partial charge < -0.3 is 0 Å². The maximum absolute atomic E-state index is 12.4. The molecule has 0 bridgehead atoms. The predicted octanol–water partition coefficient (Wildman–Crippen LogP) is 2.92. The molecule has 1 aliphatic heterocycles. The van der Waals surface area contributed by atoms with Gasteiger partial charge >= 0.3 is 0 Å². The van der Waals surface area contributed by atoms with Gasteiger partial charge in [0.05, 0.1) is 11.5 Å². The van der Waals surface area contributed by atoms with Gasteiger partial charge in [-0.25, -0.2) is 0 Å². The average molecular weight is 245 g/mol. The zero-order chi connectivity index (χ0) is 13.3. The second-order valence-corrected chi connectivity index (χ2v) is 5.25. The van der Waals surface area contributed by atoms with E-state index in [1.54, 1.807) is 0 Å². The lowest BCUT2D eigenvalue weighted by Crippen LogP contribution is -2.36. The molecule has 18 heavy (non-hydrogen) atoms. The summed E-state index contributed by atoms with van der Waals surface area (Å²) in [6.07, 6.45) is 1.04. The molecule has 2 rings (SSSR count). The number of nitrogens with zero attached hydrogens (tertiary/aromatic N) is 1. The molecule has 0 radical (unpaired) electrons. The first-order valence-electron chi connectivity index (χ1n) is 6.41. The van der Waals surface area contributed by atoms with Crippen molar-refractivity contribution in [2.24, 2.45) is 5.41 Å². The smallest absolute Gasteiger partial charge is 0.236 e. The Labute approximate surface area is 108 Å². The van der Waals surface area contributed by atoms with Crippen LogP contribution in [0.15, 0.2) is 30.3 Å². The summed E-state index contributed by atoms with van der Waals surface area (Å²) >= 11 is 0. The van der Waals surface area contributed by atoms with Crippen LogP contribution in [0.4, 0.5) is 0 Å². The van der Waals surface area contributed by atoms with Crippen molar-refractivity contribution >= 4 is 11.8 Å². The normalized spacial score (nSPS) is 25.6. The maximum atomic E-state index is 12.4. The van der Waals surface area contributed by atoms with Crippen molar-refractivity contribution in [2.75, 3.05) is 0 Å². The van der Waals surface area contributed by atoms with Gasteiger partial charge in [0, 0.05) is 6.42 Å². The maximum Gasteiger partial charge on any atom is 0.236 e. The number of likely N-dealkylation sites (tertiary alicyclic amines) is 1. The van der Waals surface area contributed by atoms with Crippen LogP contribution in [0.25, 0.3) is 0 Å². The number of rotatable bonds is 3. The molecule has 3 nitrogen and oxygen atoms in total. The molecule has 2 unspecified atom stereocenters. The summed E-state index contributed by atoms with van der Waals surface area (Å²) in [5.74, 6) is -0.0907. The van der Waals surface area contributed by atoms with Crippen molar-refractivity contribution in [1.29, 1.82) is 0 Å². The van der Waals surface area contributed by atoms with E-state index in [0.29, 0.717) is 12.8 Å². The average Bonchev–Trinajstić information content (AvgIpc) is 2.61. The molecule has 2 atom stereocenters. The molecule has 2 amide bonds. The minimum Gasteiger partial charge on any atom is -0.275 e. The summed E-state index contributed by atoms with van der Waals surface area (Å²) in [6, 6.07) is 9.50. The van der Waals surface area contributed by atoms with E-state index in [2.05, 4.69) is 0 Å². The topological polar surface area (TPSA) is 37.4 Å². The molecule has 0 N–H and O–H groups in total. The van der Waals surface area contributed by atoms with Gasteiger partial charge in [0.1, 0.15) is 0 Å². The highest BCUT2D eigenvalue weighted by Crippen LogP contribution is 2.39. The van der Waals surface area contributed by atoms with E-state index in [9.17, 15) is 9.59 Å². The number of benzene rings is 1. The predicted molar refractivity (Wildman–Crippen MR) is 69.7 cm³/mol. The Balaban J connectivity index is 2.29. The van der Waals surface area contributed by atoms with Crippen LogP contribution in [0.2, 0.25) is 0 Å². The lowest BCUT2D eigenvalue weighted by molar-refractivity contribution is -0.143. The molecule has 0 aliphatic carbocycles. The van der Waals surface area contributed by atoms with Gasteiger partial charge in [-0.3, -0.25) is 14.5 Å². The third kappa shape index (κ3) is 1.94. The Bertz CT molecular complexity index is 469. The quantitative estimate of drug-likeness (QED) is 0.768. The Morgan fingerprint density at radius 2 is 1.89 bits per heavy atom. The highest BCUT2D eigenvalue weighted by atomic mass is 16.2. The van der Waals surface area contributed by atoms with Crippen molar-refractivity contribution < 1.29 is 9.59 Å². The summed E-state index contributed by atoms with van der Waals surface area (Å²) in [7, 11) is 0. The van der Waals surface area contributed by atoms with E-state index in [1.807, 2.05) is 51.1 Å². The summed E-state index contributed by atoms with van der Waals surface area (Å²) in [4.78, 5) is 25.9. The highest BCUT2D eigenvalue weighted by Gasteiger charge is 2.48. The molecule has 1 fully saturated rings. The van der Waals surface area contributed by atoms with Gasteiger partial charge in [0.15, 0.2) is 0 Å². The molecule has 1 aromatic carbocycles. The first-order chi connectivity index (χ1) is 8.49. The minimum absolute atomic E-state index is 0.0358. The van der Waals surface area contributed by atoms with Crippen molar-refractivity contribution in [1.82, 2.24) is 4.90 Å². The summed E-state index contributed by atoms with van der Waals surface area (Å²) < 4.78 is 0. The van der Waals surface area contributed by atoms with E-state index in [-0.39, 0.29) is 17.9 Å². The fraction of sp³-hybridized carbons (Fsp3) is 0.467. The summed E-state index contributed by atoms with van der Waals surface area (Å²) in [5, 5.41) is 0. The Hall–Kier alpha value is -1.64. The van der Waals surface area contributed by atoms with Crippen molar-refractivity contribution in [3.63, 3.8) is 0 Å². The van der Waals surface area contributed by atoms with Crippen LogP contribution in [-0.4, -0.2) is 16.7 Å². The molecule has 3 heteroatoms. The fourth-order valence-corrected chi connectivity index (χ4v) is 2.45. The molecule has 1 saturated heterocycles. The van der Waals surface area contributed by atoms with Gasteiger partial charge in [-0.1, -0.05) is 44.2 Å². The third-order valence-electron chi connectivity index (χ3n) is 3.99. The SMILES string of the molecule is CCC1(C)CC(=O)N(C(C)c2ccccc2)C1=O. The molecular formula is C15H19NO2. The molecule has 0 saturated carbocycles. The van der Waals surface area contributed by atoms with E-state index >= 15 is 0 Å². The number of carbonyl (C=O) groups excluding carboxylic acids is 2. The van der Waals surface area contributed by atoms with Crippen LogP contribution in [0.3, 0.4) is 0 Å². The Kier molecular flexibility index (Phi) is 3.24. The van der Waals surface area contributed by atoms with E-state index in [1.165, 1.54) is 4.90 Å². The van der Waals surface area contributed by atoms with Gasteiger partial charge in [-0.15, -0.1) is 0 Å². The van der Waals surface area contributed by atoms with E-state index in [0.717, 1.165) is 5.56 Å². The first kappa shape index (κ1) is 12.8. The standard InChI is InChI=1S/C15H19NO2/c1-4-15(3)10-13(17)16(14(15)18)11(2)12-8-6-5-7-9-12/h5-9,11H,4,10H2,1-3H3. The number of imide groups is 1. The van der Waals surface area contributed by atoms with Crippen molar-refractivity contribution in [2.45, 2.75) is 39.7 Å². The second kappa shape index (κ2) is 4.56. The van der Waals surface area contributed by atoms with Gasteiger partial charge in [0.2, 0.25) is 11.8 Å².